The van der Waals surface area contributed by atoms with Crippen LogP contribution in [0.3, 0.4) is 0 Å². The third kappa shape index (κ3) is 2.03. The molecule has 0 bridgehead atoms. The van der Waals surface area contributed by atoms with Crippen LogP contribution >= 0.6 is 11.3 Å². The molecular formula is C12H10N4O2S2. The minimum Gasteiger partial charge on any atom is -0.231 e. The lowest BCUT2D eigenvalue weighted by Gasteiger charge is -2.18. The largest absolute Gasteiger partial charge is 0.278 e. The third-order valence-corrected chi connectivity index (χ3v) is 5.13. The van der Waals surface area contributed by atoms with Crippen molar-refractivity contribution in [3.63, 3.8) is 0 Å². The van der Waals surface area contributed by atoms with Crippen LogP contribution in [0.15, 0.2) is 53.0 Å². The number of rotatable bonds is 3. The molecule has 3 aromatic rings. The molecule has 1 aromatic carbocycles. The number of hydrogen-bond acceptors (Lipinski definition) is 6. The van der Waals surface area contributed by atoms with Gasteiger partial charge >= 0.3 is 0 Å². The van der Waals surface area contributed by atoms with E-state index in [4.69, 9.17) is 5.84 Å². The number of aromatic nitrogens is 2. The lowest BCUT2D eigenvalue weighted by atomic mass is 10.4. The fraction of sp³-hybridized carbons (Fsp3) is 0. The molecule has 0 fully saturated rings. The van der Waals surface area contributed by atoms with Crippen molar-refractivity contribution in [2.75, 3.05) is 4.41 Å². The fourth-order valence-electron chi connectivity index (χ4n) is 1.77. The van der Waals surface area contributed by atoms with E-state index >= 15 is 0 Å². The van der Waals surface area contributed by atoms with Gasteiger partial charge in [-0.3, -0.25) is 0 Å². The molecule has 0 unspecified atom stereocenters. The van der Waals surface area contributed by atoms with Gasteiger partial charge in [-0.1, -0.05) is 18.2 Å². The van der Waals surface area contributed by atoms with Crippen LogP contribution < -0.4 is 10.3 Å². The molecule has 0 saturated carbocycles. The van der Waals surface area contributed by atoms with Crippen LogP contribution in [0.2, 0.25) is 0 Å². The predicted octanol–water partition coefficient (Wildman–Crippen LogP) is 1.76. The summed E-state index contributed by atoms with van der Waals surface area (Å²) in [6.07, 6.45) is 1.30. The normalized spacial score (nSPS) is 11.7. The van der Waals surface area contributed by atoms with Gasteiger partial charge in [-0.05, 0) is 23.6 Å². The van der Waals surface area contributed by atoms with Crippen molar-refractivity contribution in [3.05, 3.63) is 48.1 Å². The highest BCUT2D eigenvalue weighted by Gasteiger charge is 2.24. The van der Waals surface area contributed by atoms with Crippen LogP contribution in [0.5, 0.6) is 0 Å². The molecule has 102 valence electrons. The first kappa shape index (κ1) is 13.0. The van der Waals surface area contributed by atoms with Crippen LogP contribution in [0.25, 0.3) is 10.2 Å². The zero-order valence-corrected chi connectivity index (χ0v) is 11.8. The highest BCUT2D eigenvalue weighted by atomic mass is 32.2. The highest BCUT2D eigenvalue weighted by Crippen LogP contribution is 2.28. The summed E-state index contributed by atoms with van der Waals surface area (Å²) in [5.74, 6) is 5.96. The van der Waals surface area contributed by atoms with Gasteiger partial charge in [-0.2, -0.15) is 12.8 Å². The number of anilines is 1. The number of nitrogens with zero attached hydrogens (tertiary/aromatic N) is 3. The SMILES string of the molecule is NN(c1ncnc2sccc12)S(=O)(=O)c1ccccc1. The first-order valence-corrected chi connectivity index (χ1v) is 7.96. The molecule has 6 nitrogen and oxygen atoms in total. The van der Waals surface area contributed by atoms with Crippen molar-refractivity contribution >= 4 is 37.4 Å². The first-order valence-electron chi connectivity index (χ1n) is 5.64. The summed E-state index contributed by atoms with van der Waals surface area (Å²) in [4.78, 5) is 8.86. The molecule has 8 heteroatoms. The van der Waals surface area contributed by atoms with E-state index in [1.54, 1.807) is 24.3 Å². The second-order valence-electron chi connectivity index (χ2n) is 3.95. The van der Waals surface area contributed by atoms with E-state index in [2.05, 4.69) is 9.97 Å². The molecule has 2 N–H and O–H groups in total. The topological polar surface area (TPSA) is 89.2 Å². The summed E-state index contributed by atoms with van der Waals surface area (Å²) in [5, 5.41) is 2.42. The minimum absolute atomic E-state index is 0.115. The average molecular weight is 306 g/mol. The monoisotopic (exact) mass is 306 g/mol. The highest BCUT2D eigenvalue weighted by molar-refractivity contribution is 7.92. The van der Waals surface area contributed by atoms with Gasteiger partial charge in [0, 0.05) is 0 Å². The Morgan fingerprint density at radius 1 is 1.10 bits per heavy atom. The number of hydrogen-bond donors (Lipinski definition) is 1. The molecule has 2 heterocycles. The van der Waals surface area contributed by atoms with Crippen LogP contribution in [0, 0.1) is 0 Å². The van der Waals surface area contributed by atoms with E-state index in [0.717, 1.165) is 0 Å². The molecule has 2 aromatic heterocycles. The van der Waals surface area contributed by atoms with Crippen molar-refractivity contribution in [2.24, 2.45) is 5.84 Å². The standard InChI is InChI=1S/C12H10N4O2S2/c13-16(20(17,18)9-4-2-1-3-5-9)11-10-6-7-19-12(10)15-8-14-11/h1-8H,13H2. The van der Waals surface area contributed by atoms with Crippen LogP contribution in [-0.4, -0.2) is 18.4 Å². The van der Waals surface area contributed by atoms with Gasteiger partial charge in [0.1, 0.15) is 11.2 Å². The minimum atomic E-state index is -3.84. The Bertz CT molecular complexity index is 846. The van der Waals surface area contributed by atoms with E-state index in [1.165, 1.54) is 29.8 Å². The van der Waals surface area contributed by atoms with Crippen LogP contribution in [0.4, 0.5) is 5.82 Å². The van der Waals surface area contributed by atoms with E-state index in [-0.39, 0.29) is 10.7 Å². The third-order valence-electron chi connectivity index (χ3n) is 2.75. The smallest absolute Gasteiger partial charge is 0.231 e. The van der Waals surface area contributed by atoms with Gasteiger partial charge in [0.15, 0.2) is 5.82 Å². The quantitative estimate of drug-likeness (QED) is 0.588. The Balaban J connectivity index is 2.13. The van der Waals surface area contributed by atoms with Gasteiger partial charge in [-0.25, -0.2) is 15.8 Å². The van der Waals surface area contributed by atoms with E-state index < -0.39 is 10.0 Å². The lowest BCUT2D eigenvalue weighted by molar-refractivity contribution is 0.591. The maximum absolute atomic E-state index is 12.4. The summed E-state index contributed by atoms with van der Waals surface area (Å²) >= 11 is 1.40. The molecule has 0 aliphatic rings. The molecule has 20 heavy (non-hydrogen) atoms. The Labute approximate surface area is 119 Å². The predicted molar refractivity (Wildman–Crippen MR) is 77.7 cm³/mol. The number of sulfonamides is 1. The van der Waals surface area contributed by atoms with Crippen molar-refractivity contribution in [1.29, 1.82) is 0 Å². The zero-order valence-electron chi connectivity index (χ0n) is 10.2. The number of thiophene rings is 1. The zero-order chi connectivity index (χ0) is 14.2. The summed E-state index contributed by atoms with van der Waals surface area (Å²) in [6.45, 7) is 0. The molecule has 0 spiro atoms. The second kappa shape index (κ2) is 4.82. The lowest BCUT2D eigenvalue weighted by Crippen LogP contribution is -2.38. The Hall–Kier alpha value is -2.03. The second-order valence-corrected chi connectivity index (χ2v) is 6.66. The van der Waals surface area contributed by atoms with E-state index in [1.807, 2.05) is 5.38 Å². The Morgan fingerprint density at radius 3 is 2.60 bits per heavy atom. The van der Waals surface area contributed by atoms with Crippen molar-refractivity contribution in [1.82, 2.24) is 9.97 Å². The van der Waals surface area contributed by atoms with E-state index in [9.17, 15) is 8.42 Å². The summed E-state index contributed by atoms with van der Waals surface area (Å²) < 4.78 is 25.6. The molecule has 0 amide bonds. The molecule has 0 aliphatic carbocycles. The molecule has 0 radical (unpaired) electrons. The molecule has 0 aliphatic heterocycles. The van der Waals surface area contributed by atoms with Gasteiger partial charge in [0.2, 0.25) is 0 Å². The maximum atomic E-state index is 12.4. The molecule has 0 atom stereocenters. The van der Waals surface area contributed by atoms with Crippen LogP contribution in [-0.2, 0) is 10.0 Å². The summed E-state index contributed by atoms with van der Waals surface area (Å²) in [5.41, 5.74) is 0. The van der Waals surface area contributed by atoms with Crippen molar-refractivity contribution in [3.8, 4) is 0 Å². The first-order chi connectivity index (χ1) is 9.60. The Kier molecular flexibility index (Phi) is 3.13. The summed E-state index contributed by atoms with van der Waals surface area (Å²) in [7, 11) is -3.84. The summed E-state index contributed by atoms with van der Waals surface area (Å²) in [6, 6.07) is 9.74. The van der Waals surface area contributed by atoms with Crippen molar-refractivity contribution < 1.29 is 8.42 Å². The molecule has 0 saturated heterocycles. The number of hydrazine groups is 1. The van der Waals surface area contributed by atoms with Gasteiger partial charge in [0.25, 0.3) is 10.0 Å². The van der Waals surface area contributed by atoms with E-state index in [0.29, 0.717) is 14.6 Å². The number of benzene rings is 1. The van der Waals surface area contributed by atoms with Gasteiger partial charge < -0.3 is 0 Å². The number of nitrogens with two attached hydrogens (primary N) is 1. The average Bonchev–Trinajstić information content (AvgIpc) is 2.95. The maximum Gasteiger partial charge on any atom is 0.278 e. The van der Waals surface area contributed by atoms with Crippen molar-refractivity contribution in [2.45, 2.75) is 4.90 Å². The van der Waals surface area contributed by atoms with Gasteiger partial charge in [0.05, 0.1) is 10.3 Å². The van der Waals surface area contributed by atoms with Gasteiger partial charge in [-0.15, -0.1) is 11.3 Å². The molecule has 3 rings (SSSR count). The number of fused-ring (bicyclic) bond motifs is 1. The Morgan fingerprint density at radius 2 is 1.85 bits per heavy atom. The fourth-order valence-corrected chi connectivity index (χ4v) is 3.60. The molecular weight excluding hydrogens is 296 g/mol. The van der Waals surface area contributed by atoms with Crippen LogP contribution in [0.1, 0.15) is 0 Å².